The molecule has 0 bridgehead atoms. The highest BCUT2D eigenvalue weighted by Gasteiger charge is 2.50. The topological polar surface area (TPSA) is 81.7 Å². The molecule has 0 aliphatic heterocycles. The zero-order chi connectivity index (χ0) is 19.6. The first kappa shape index (κ1) is 22.2. The van der Waals surface area contributed by atoms with Gasteiger partial charge in [0.05, 0.1) is 13.2 Å². The number of nitrogens with one attached hydrogen (secondary N) is 1. The summed E-state index contributed by atoms with van der Waals surface area (Å²) in [6.45, 7) is 4.71. The van der Waals surface area contributed by atoms with Gasteiger partial charge in [-0.3, -0.25) is 4.79 Å². The standard InChI is InChI=1S/C19H26BrNO5/c1-4-25-17(23)19(21-14(3)22,18(24)26-5-2)13-16-9-6-8-15(12-16)10-7-11-20/h6,8-9,12H,4-5,7,10-11,13H2,1-3H3,(H,21,22). The summed E-state index contributed by atoms with van der Waals surface area (Å²) < 4.78 is 10.2. The predicted octanol–water partition coefficient (Wildman–Crippen LogP) is 2.56. The molecule has 1 N–H and O–H groups in total. The van der Waals surface area contributed by atoms with Crippen LogP contribution in [-0.4, -0.2) is 41.9 Å². The van der Waals surface area contributed by atoms with Gasteiger partial charge in [-0.1, -0.05) is 40.2 Å². The fourth-order valence-electron chi connectivity index (χ4n) is 2.66. The smallest absolute Gasteiger partial charge is 0.344 e. The van der Waals surface area contributed by atoms with Gasteiger partial charge in [0.2, 0.25) is 11.4 Å². The fraction of sp³-hybridized carbons (Fsp3) is 0.526. The Labute approximate surface area is 162 Å². The summed E-state index contributed by atoms with van der Waals surface area (Å²) >= 11 is 3.40. The minimum atomic E-state index is -1.90. The van der Waals surface area contributed by atoms with Crippen LogP contribution in [0.15, 0.2) is 24.3 Å². The van der Waals surface area contributed by atoms with Gasteiger partial charge in [-0.2, -0.15) is 0 Å². The van der Waals surface area contributed by atoms with Crippen molar-refractivity contribution in [3.05, 3.63) is 35.4 Å². The number of rotatable bonds is 10. The van der Waals surface area contributed by atoms with E-state index in [-0.39, 0.29) is 19.6 Å². The molecule has 26 heavy (non-hydrogen) atoms. The van der Waals surface area contributed by atoms with Crippen LogP contribution in [-0.2, 0) is 36.7 Å². The Morgan fingerprint density at radius 2 is 1.65 bits per heavy atom. The number of benzene rings is 1. The van der Waals surface area contributed by atoms with Crippen molar-refractivity contribution in [2.45, 2.75) is 45.6 Å². The molecule has 1 aromatic carbocycles. The lowest BCUT2D eigenvalue weighted by molar-refractivity contribution is -0.168. The van der Waals surface area contributed by atoms with E-state index in [0.29, 0.717) is 0 Å². The Bertz CT molecular complexity index is 614. The van der Waals surface area contributed by atoms with Crippen molar-refractivity contribution in [3.8, 4) is 0 Å². The van der Waals surface area contributed by atoms with E-state index in [2.05, 4.69) is 21.2 Å². The molecule has 0 heterocycles. The summed E-state index contributed by atoms with van der Waals surface area (Å²) in [7, 11) is 0. The van der Waals surface area contributed by atoms with E-state index >= 15 is 0 Å². The molecule has 0 unspecified atom stereocenters. The van der Waals surface area contributed by atoms with Crippen LogP contribution >= 0.6 is 15.9 Å². The van der Waals surface area contributed by atoms with Gasteiger partial charge in [-0.25, -0.2) is 9.59 Å². The van der Waals surface area contributed by atoms with Crippen LogP contribution in [0.5, 0.6) is 0 Å². The first-order chi connectivity index (χ1) is 12.4. The van der Waals surface area contributed by atoms with E-state index in [1.807, 2.05) is 24.3 Å². The van der Waals surface area contributed by atoms with Crippen molar-refractivity contribution in [1.29, 1.82) is 0 Å². The molecule has 0 aromatic heterocycles. The average Bonchev–Trinajstić information content (AvgIpc) is 2.59. The van der Waals surface area contributed by atoms with Crippen LogP contribution in [0.3, 0.4) is 0 Å². The molecule has 0 aliphatic carbocycles. The molecule has 0 saturated carbocycles. The minimum Gasteiger partial charge on any atom is -0.464 e. The number of alkyl halides is 1. The van der Waals surface area contributed by atoms with Crippen LogP contribution in [0.4, 0.5) is 0 Å². The third-order valence-electron chi connectivity index (χ3n) is 3.70. The molecule has 1 rings (SSSR count). The predicted molar refractivity (Wildman–Crippen MR) is 102 cm³/mol. The third kappa shape index (κ3) is 6.12. The van der Waals surface area contributed by atoms with Crippen molar-refractivity contribution in [1.82, 2.24) is 5.32 Å². The first-order valence-electron chi connectivity index (χ1n) is 8.66. The Kier molecular flexibility index (Phi) is 9.34. The second-order valence-electron chi connectivity index (χ2n) is 5.82. The Morgan fingerprint density at radius 3 is 2.15 bits per heavy atom. The first-order valence-corrected chi connectivity index (χ1v) is 9.78. The lowest BCUT2D eigenvalue weighted by atomic mass is 9.89. The quantitative estimate of drug-likeness (QED) is 0.352. The molecule has 1 amide bonds. The molecule has 0 radical (unpaired) electrons. The molecular weight excluding hydrogens is 402 g/mol. The molecular formula is C19H26BrNO5. The van der Waals surface area contributed by atoms with Crippen molar-refractivity contribution in [3.63, 3.8) is 0 Å². The van der Waals surface area contributed by atoms with E-state index in [4.69, 9.17) is 9.47 Å². The van der Waals surface area contributed by atoms with E-state index in [1.54, 1.807) is 13.8 Å². The Hall–Kier alpha value is -1.89. The highest BCUT2D eigenvalue weighted by molar-refractivity contribution is 9.09. The number of carbonyl (C=O) groups is 3. The summed E-state index contributed by atoms with van der Waals surface area (Å²) in [5.74, 6) is -2.15. The van der Waals surface area contributed by atoms with Crippen molar-refractivity contribution in [2.75, 3.05) is 18.5 Å². The van der Waals surface area contributed by atoms with Crippen molar-refractivity contribution < 1.29 is 23.9 Å². The molecule has 7 heteroatoms. The van der Waals surface area contributed by atoms with Gasteiger partial charge in [0.1, 0.15) is 0 Å². The Morgan fingerprint density at radius 1 is 1.08 bits per heavy atom. The van der Waals surface area contributed by atoms with Gasteiger partial charge >= 0.3 is 11.9 Å². The molecule has 1 aromatic rings. The second kappa shape index (κ2) is 11.0. The Balaban J connectivity index is 3.27. The monoisotopic (exact) mass is 427 g/mol. The van der Waals surface area contributed by atoms with E-state index in [9.17, 15) is 14.4 Å². The van der Waals surface area contributed by atoms with Crippen LogP contribution in [0.2, 0.25) is 0 Å². The number of aryl methyl sites for hydroxylation is 1. The summed E-state index contributed by atoms with van der Waals surface area (Å²) in [6, 6.07) is 7.60. The lowest BCUT2D eigenvalue weighted by Crippen LogP contribution is -2.62. The molecule has 0 fully saturated rings. The number of esters is 2. The molecule has 0 spiro atoms. The minimum absolute atomic E-state index is 0.0353. The number of halogens is 1. The van der Waals surface area contributed by atoms with Crippen molar-refractivity contribution >= 4 is 33.8 Å². The maximum atomic E-state index is 12.6. The number of ether oxygens (including phenoxy) is 2. The van der Waals surface area contributed by atoms with Gasteiger partial charge in [0.15, 0.2) is 0 Å². The van der Waals surface area contributed by atoms with Gasteiger partial charge in [0.25, 0.3) is 0 Å². The van der Waals surface area contributed by atoms with Gasteiger partial charge in [-0.15, -0.1) is 0 Å². The number of amides is 1. The molecule has 6 nitrogen and oxygen atoms in total. The average molecular weight is 428 g/mol. The third-order valence-corrected chi connectivity index (χ3v) is 4.26. The van der Waals surface area contributed by atoms with Gasteiger partial charge < -0.3 is 14.8 Å². The van der Waals surface area contributed by atoms with E-state index in [0.717, 1.165) is 29.3 Å². The summed E-state index contributed by atoms with van der Waals surface area (Å²) in [5.41, 5.74) is -0.0651. The molecule has 0 saturated heterocycles. The van der Waals surface area contributed by atoms with E-state index in [1.165, 1.54) is 6.92 Å². The number of hydrogen-bond acceptors (Lipinski definition) is 5. The lowest BCUT2D eigenvalue weighted by Gasteiger charge is -2.29. The summed E-state index contributed by atoms with van der Waals surface area (Å²) in [4.78, 5) is 37.0. The second-order valence-corrected chi connectivity index (χ2v) is 6.61. The van der Waals surface area contributed by atoms with Crippen LogP contribution in [0.1, 0.15) is 38.3 Å². The SMILES string of the molecule is CCOC(=O)C(Cc1cccc(CCCBr)c1)(NC(C)=O)C(=O)OCC. The highest BCUT2D eigenvalue weighted by atomic mass is 79.9. The van der Waals surface area contributed by atoms with Crippen molar-refractivity contribution in [2.24, 2.45) is 0 Å². The molecule has 144 valence electrons. The van der Waals surface area contributed by atoms with Gasteiger partial charge in [0, 0.05) is 18.7 Å². The molecule has 0 aliphatic rings. The zero-order valence-corrected chi connectivity index (χ0v) is 17.1. The zero-order valence-electron chi connectivity index (χ0n) is 15.5. The maximum absolute atomic E-state index is 12.6. The highest BCUT2D eigenvalue weighted by Crippen LogP contribution is 2.20. The summed E-state index contributed by atoms with van der Waals surface area (Å²) in [6.07, 6.45) is 1.80. The normalized spacial score (nSPS) is 10.9. The van der Waals surface area contributed by atoms with Crippen LogP contribution in [0, 0.1) is 0 Å². The molecule has 0 atom stereocenters. The number of hydrogen-bond donors (Lipinski definition) is 1. The van der Waals surface area contributed by atoms with E-state index < -0.39 is 23.4 Å². The largest absolute Gasteiger partial charge is 0.464 e. The summed E-state index contributed by atoms with van der Waals surface area (Å²) in [5, 5.41) is 3.37. The van der Waals surface area contributed by atoms with Crippen LogP contribution < -0.4 is 5.32 Å². The van der Waals surface area contributed by atoms with Gasteiger partial charge in [-0.05, 0) is 37.8 Å². The fourth-order valence-corrected chi connectivity index (χ4v) is 2.94. The maximum Gasteiger partial charge on any atom is 0.344 e. The number of carbonyl (C=O) groups excluding carboxylic acids is 3. The van der Waals surface area contributed by atoms with Crippen LogP contribution in [0.25, 0.3) is 0 Å².